The molecule has 2 atom stereocenters. The van der Waals surface area contributed by atoms with E-state index in [4.69, 9.17) is 16.3 Å². The number of rotatable bonds is 1. The molecule has 0 spiro atoms. The van der Waals surface area contributed by atoms with Crippen LogP contribution in [0, 0.1) is 0 Å². The molecule has 1 fully saturated rings. The molecule has 0 bridgehead atoms. The molecule has 1 N–H and O–H groups in total. The normalized spacial score (nSPS) is 22.9. The number of aliphatic hydroxyl groups is 1. The zero-order valence-corrected chi connectivity index (χ0v) is 12.7. The van der Waals surface area contributed by atoms with Crippen molar-refractivity contribution >= 4 is 17.7 Å². The predicted molar refractivity (Wildman–Crippen MR) is 77.8 cm³/mol. The molecule has 0 aliphatic carbocycles. The summed E-state index contributed by atoms with van der Waals surface area (Å²) < 4.78 is 5.40. The quantitative estimate of drug-likeness (QED) is 0.864. The van der Waals surface area contributed by atoms with E-state index >= 15 is 0 Å². The molecule has 1 aliphatic rings. The summed E-state index contributed by atoms with van der Waals surface area (Å²) in [6.07, 6.45) is -0.426. The van der Waals surface area contributed by atoms with Crippen LogP contribution in [-0.4, -0.2) is 34.3 Å². The van der Waals surface area contributed by atoms with Crippen LogP contribution in [0.25, 0.3) is 0 Å². The van der Waals surface area contributed by atoms with E-state index in [-0.39, 0.29) is 6.04 Å². The number of nitrogens with zero attached hydrogens (tertiary/aromatic N) is 1. The third kappa shape index (κ3) is 3.44. The van der Waals surface area contributed by atoms with Crippen LogP contribution in [0.15, 0.2) is 24.3 Å². The van der Waals surface area contributed by atoms with Gasteiger partial charge in [-0.15, -0.1) is 0 Å². The van der Waals surface area contributed by atoms with Crippen LogP contribution in [0.4, 0.5) is 4.79 Å². The number of halogens is 1. The van der Waals surface area contributed by atoms with Crippen LogP contribution in [0.2, 0.25) is 5.02 Å². The lowest BCUT2D eigenvalue weighted by atomic mass is 10.0. The highest BCUT2D eigenvalue weighted by molar-refractivity contribution is 6.30. The molecule has 1 amide bonds. The molecule has 1 saturated heterocycles. The summed E-state index contributed by atoms with van der Waals surface area (Å²) in [5.74, 6) is 0. The van der Waals surface area contributed by atoms with Gasteiger partial charge in [0.15, 0.2) is 0 Å². The van der Waals surface area contributed by atoms with Gasteiger partial charge in [-0.25, -0.2) is 4.79 Å². The first-order chi connectivity index (χ1) is 9.28. The number of ether oxygens (including phenoxy) is 1. The minimum absolute atomic E-state index is 0.373. The van der Waals surface area contributed by atoms with Gasteiger partial charge in [-0.05, 0) is 44.9 Å². The summed E-state index contributed by atoms with van der Waals surface area (Å²) in [5, 5.41) is 10.8. The Hall–Kier alpha value is -1.26. The summed E-state index contributed by atoms with van der Waals surface area (Å²) in [6.45, 7) is 5.97. The third-order valence-electron chi connectivity index (χ3n) is 3.21. The summed E-state index contributed by atoms with van der Waals surface area (Å²) in [7, 11) is 0. The number of aliphatic hydroxyl groups excluding tert-OH is 1. The van der Waals surface area contributed by atoms with Gasteiger partial charge < -0.3 is 9.84 Å². The Bertz CT molecular complexity index is 481. The Morgan fingerprint density at radius 1 is 1.35 bits per heavy atom. The first-order valence-corrected chi connectivity index (χ1v) is 7.09. The smallest absolute Gasteiger partial charge is 0.410 e. The molecule has 1 aromatic carbocycles. The van der Waals surface area contributed by atoms with Crippen molar-refractivity contribution in [3.63, 3.8) is 0 Å². The Balaban J connectivity index is 2.20. The Labute approximate surface area is 124 Å². The summed E-state index contributed by atoms with van der Waals surface area (Å²) in [5.41, 5.74) is 0.320. The maximum atomic E-state index is 12.2. The number of hydrogen-bond acceptors (Lipinski definition) is 3. The summed E-state index contributed by atoms with van der Waals surface area (Å²) in [6, 6.07) is 6.81. The number of benzene rings is 1. The zero-order chi connectivity index (χ0) is 14.9. The van der Waals surface area contributed by atoms with Crippen molar-refractivity contribution in [1.29, 1.82) is 0 Å². The van der Waals surface area contributed by atoms with Gasteiger partial charge in [0.1, 0.15) is 5.60 Å². The maximum Gasteiger partial charge on any atom is 0.410 e. The van der Waals surface area contributed by atoms with Crippen LogP contribution >= 0.6 is 11.6 Å². The number of hydrogen-bond donors (Lipinski definition) is 1. The van der Waals surface area contributed by atoms with E-state index in [1.807, 2.05) is 32.9 Å². The highest BCUT2D eigenvalue weighted by atomic mass is 35.5. The van der Waals surface area contributed by atoms with Crippen molar-refractivity contribution in [3.8, 4) is 0 Å². The number of carbonyl (C=O) groups is 1. The average molecular weight is 298 g/mol. The second kappa shape index (κ2) is 5.62. The first-order valence-electron chi connectivity index (χ1n) is 6.71. The van der Waals surface area contributed by atoms with Crippen LogP contribution in [0.1, 0.15) is 38.8 Å². The van der Waals surface area contributed by atoms with E-state index in [0.29, 0.717) is 18.0 Å². The largest absolute Gasteiger partial charge is 0.444 e. The highest BCUT2D eigenvalue weighted by Gasteiger charge is 2.39. The van der Waals surface area contributed by atoms with E-state index in [2.05, 4.69) is 0 Å². The zero-order valence-electron chi connectivity index (χ0n) is 12.0. The van der Waals surface area contributed by atoms with Crippen molar-refractivity contribution < 1.29 is 14.6 Å². The third-order valence-corrected chi connectivity index (χ3v) is 3.46. The van der Waals surface area contributed by atoms with Gasteiger partial charge in [0.2, 0.25) is 0 Å². The first kappa shape index (κ1) is 15.1. The Kier molecular flexibility index (Phi) is 4.25. The topological polar surface area (TPSA) is 49.8 Å². The predicted octanol–water partition coefficient (Wildman–Crippen LogP) is 3.38. The lowest BCUT2D eigenvalue weighted by molar-refractivity contribution is 0.0152. The Morgan fingerprint density at radius 3 is 2.50 bits per heavy atom. The molecular formula is C15H20ClNO3. The molecule has 0 aromatic heterocycles. The minimum atomic E-state index is -0.580. The van der Waals surface area contributed by atoms with Gasteiger partial charge in [0.05, 0.1) is 12.1 Å². The minimum Gasteiger partial charge on any atom is -0.444 e. The fourth-order valence-corrected chi connectivity index (χ4v) is 2.49. The van der Waals surface area contributed by atoms with E-state index in [0.717, 1.165) is 5.56 Å². The van der Waals surface area contributed by atoms with Crippen LogP contribution in [0.5, 0.6) is 0 Å². The van der Waals surface area contributed by atoms with Gasteiger partial charge in [0.25, 0.3) is 0 Å². The monoisotopic (exact) mass is 297 g/mol. The SMILES string of the molecule is CC(C)(C)OC(=O)N1CC[C@@H](O)[C@H]1c1ccc(Cl)cc1. The summed E-state index contributed by atoms with van der Waals surface area (Å²) >= 11 is 5.87. The van der Waals surface area contributed by atoms with Gasteiger partial charge in [-0.2, -0.15) is 0 Å². The number of carbonyl (C=O) groups excluding carboxylic acids is 1. The Morgan fingerprint density at radius 2 is 1.95 bits per heavy atom. The fourth-order valence-electron chi connectivity index (χ4n) is 2.36. The molecule has 0 radical (unpaired) electrons. The van der Waals surface area contributed by atoms with Gasteiger partial charge in [-0.3, -0.25) is 4.90 Å². The molecule has 0 saturated carbocycles. The van der Waals surface area contributed by atoms with Gasteiger partial charge in [-0.1, -0.05) is 23.7 Å². The molecule has 2 rings (SSSR count). The van der Waals surface area contributed by atoms with Crippen molar-refractivity contribution in [2.24, 2.45) is 0 Å². The van der Waals surface area contributed by atoms with E-state index in [9.17, 15) is 9.90 Å². The van der Waals surface area contributed by atoms with E-state index in [1.54, 1.807) is 17.0 Å². The van der Waals surface area contributed by atoms with Gasteiger partial charge in [0, 0.05) is 11.6 Å². The van der Waals surface area contributed by atoms with Crippen LogP contribution in [0.3, 0.4) is 0 Å². The maximum absolute atomic E-state index is 12.2. The lowest BCUT2D eigenvalue weighted by Crippen LogP contribution is -2.38. The average Bonchev–Trinajstić information content (AvgIpc) is 2.70. The summed E-state index contributed by atoms with van der Waals surface area (Å²) in [4.78, 5) is 13.8. The molecule has 5 heteroatoms. The fraction of sp³-hybridized carbons (Fsp3) is 0.533. The number of likely N-dealkylation sites (tertiary alicyclic amines) is 1. The number of amides is 1. The van der Waals surface area contributed by atoms with Crippen LogP contribution < -0.4 is 0 Å². The van der Waals surface area contributed by atoms with Crippen molar-refractivity contribution in [2.75, 3.05) is 6.54 Å². The molecule has 0 unspecified atom stereocenters. The van der Waals surface area contributed by atoms with Crippen molar-refractivity contribution in [2.45, 2.75) is 44.9 Å². The van der Waals surface area contributed by atoms with Crippen molar-refractivity contribution in [1.82, 2.24) is 4.90 Å². The highest BCUT2D eigenvalue weighted by Crippen LogP contribution is 2.34. The van der Waals surface area contributed by atoms with Crippen LogP contribution in [-0.2, 0) is 4.74 Å². The molecule has 110 valence electrons. The molecule has 1 aliphatic heterocycles. The molecule has 1 heterocycles. The molecule has 20 heavy (non-hydrogen) atoms. The second-order valence-electron chi connectivity index (χ2n) is 6.03. The standard InChI is InChI=1S/C15H20ClNO3/c1-15(2,3)20-14(19)17-9-8-12(18)13(17)10-4-6-11(16)7-5-10/h4-7,12-13,18H,8-9H2,1-3H3/t12-,13-/m1/s1. The molecular weight excluding hydrogens is 278 g/mol. The van der Waals surface area contributed by atoms with Gasteiger partial charge >= 0.3 is 6.09 Å². The molecule has 4 nitrogen and oxygen atoms in total. The lowest BCUT2D eigenvalue weighted by Gasteiger charge is -2.29. The molecule has 1 aromatic rings. The second-order valence-corrected chi connectivity index (χ2v) is 6.46. The van der Waals surface area contributed by atoms with E-state index in [1.165, 1.54) is 0 Å². The van der Waals surface area contributed by atoms with Crippen molar-refractivity contribution in [3.05, 3.63) is 34.9 Å². The van der Waals surface area contributed by atoms with E-state index < -0.39 is 17.8 Å².